The monoisotopic (exact) mass is 238 g/mol. The van der Waals surface area contributed by atoms with E-state index in [4.69, 9.17) is 11.6 Å². The number of halogens is 1. The Hall–Kier alpha value is -0.490. The minimum Gasteiger partial charge on any atom is -0.127 e. The molecule has 0 heterocycles. The summed E-state index contributed by atoms with van der Waals surface area (Å²) < 4.78 is 0. The smallest absolute Gasteiger partial charge is 0.0223 e. The number of unbranched alkanes of at least 4 members (excludes halogenated alkanes) is 6. The predicted octanol–water partition coefficient (Wildman–Crippen LogP) is 5.20. The lowest BCUT2D eigenvalue weighted by atomic mass is 10.0. The van der Waals surface area contributed by atoms with Crippen molar-refractivity contribution >= 4 is 11.6 Å². The van der Waals surface area contributed by atoms with Gasteiger partial charge in [-0.3, -0.25) is 0 Å². The van der Waals surface area contributed by atoms with Crippen molar-refractivity contribution < 1.29 is 0 Å². The summed E-state index contributed by atoms with van der Waals surface area (Å²) in [6.07, 6.45) is 10.6. The van der Waals surface area contributed by atoms with Crippen molar-refractivity contribution in [3.8, 4) is 0 Å². The molecule has 0 saturated carbocycles. The molecule has 1 rings (SSSR count). The maximum Gasteiger partial charge on any atom is 0.0223 e. The summed E-state index contributed by atoms with van der Waals surface area (Å²) in [6, 6.07) is 10.8. The third-order valence-electron chi connectivity index (χ3n) is 2.94. The van der Waals surface area contributed by atoms with Crippen LogP contribution in [0.3, 0.4) is 0 Å². The van der Waals surface area contributed by atoms with Gasteiger partial charge in [0.05, 0.1) is 0 Å². The van der Waals surface area contributed by atoms with E-state index in [0.717, 1.165) is 5.88 Å². The molecule has 1 heteroatoms. The van der Waals surface area contributed by atoms with Crippen LogP contribution in [0.1, 0.15) is 50.5 Å². The lowest BCUT2D eigenvalue weighted by molar-refractivity contribution is 0.590. The Morgan fingerprint density at radius 2 is 1.25 bits per heavy atom. The molecule has 0 unspecified atom stereocenters. The molecule has 0 nitrogen and oxygen atoms in total. The van der Waals surface area contributed by atoms with Gasteiger partial charge in [0.1, 0.15) is 0 Å². The summed E-state index contributed by atoms with van der Waals surface area (Å²) in [4.78, 5) is 0. The molecule has 0 aromatic heterocycles. The average molecular weight is 239 g/mol. The van der Waals surface area contributed by atoms with Crippen LogP contribution in [0.25, 0.3) is 0 Å². The summed E-state index contributed by atoms with van der Waals surface area (Å²) in [5.74, 6) is 0.827. The van der Waals surface area contributed by atoms with Gasteiger partial charge in [-0.25, -0.2) is 0 Å². The van der Waals surface area contributed by atoms with Crippen LogP contribution in [-0.2, 0) is 6.42 Å². The number of rotatable bonds is 9. The number of benzene rings is 1. The molecule has 0 radical (unpaired) electrons. The number of hydrogen-bond donors (Lipinski definition) is 0. The van der Waals surface area contributed by atoms with Crippen LogP contribution in [0.5, 0.6) is 0 Å². The first-order valence-electron chi connectivity index (χ1n) is 6.53. The van der Waals surface area contributed by atoms with Gasteiger partial charge in [0, 0.05) is 5.88 Å². The number of alkyl halides is 1. The molecule has 0 amide bonds. The SMILES string of the molecule is ClCCCCCCCCCc1ccccc1. The molecule has 0 aliphatic heterocycles. The first kappa shape index (κ1) is 13.6. The van der Waals surface area contributed by atoms with Crippen molar-refractivity contribution in [3.63, 3.8) is 0 Å². The zero-order valence-electron chi connectivity index (χ0n) is 10.1. The first-order valence-corrected chi connectivity index (χ1v) is 7.07. The average Bonchev–Trinajstić information content (AvgIpc) is 2.34. The Bertz CT molecular complexity index is 243. The van der Waals surface area contributed by atoms with Crippen molar-refractivity contribution in [1.29, 1.82) is 0 Å². The fourth-order valence-corrected chi connectivity index (χ4v) is 2.14. The van der Waals surface area contributed by atoms with Gasteiger partial charge in [-0.2, -0.15) is 0 Å². The molecular weight excluding hydrogens is 216 g/mol. The highest BCUT2D eigenvalue weighted by molar-refractivity contribution is 6.17. The Morgan fingerprint density at radius 1 is 0.688 bits per heavy atom. The second-order valence-electron chi connectivity index (χ2n) is 4.40. The molecule has 1 aromatic carbocycles. The van der Waals surface area contributed by atoms with Crippen molar-refractivity contribution in [2.45, 2.75) is 51.4 Å². The van der Waals surface area contributed by atoms with E-state index < -0.39 is 0 Å². The molecule has 0 fully saturated rings. The summed E-state index contributed by atoms with van der Waals surface area (Å²) in [6.45, 7) is 0. The molecule has 90 valence electrons. The van der Waals surface area contributed by atoms with E-state index >= 15 is 0 Å². The van der Waals surface area contributed by atoms with Crippen LogP contribution in [0.2, 0.25) is 0 Å². The van der Waals surface area contributed by atoms with Crippen LogP contribution < -0.4 is 0 Å². The Labute approximate surface area is 105 Å². The van der Waals surface area contributed by atoms with Crippen molar-refractivity contribution in [1.82, 2.24) is 0 Å². The standard InChI is InChI=1S/C15H23Cl/c16-14-10-5-3-1-2-4-7-11-15-12-8-6-9-13-15/h6,8-9,12-13H,1-5,7,10-11,14H2. The topological polar surface area (TPSA) is 0 Å². The van der Waals surface area contributed by atoms with Crippen LogP contribution in [0, 0.1) is 0 Å². The van der Waals surface area contributed by atoms with Crippen molar-refractivity contribution in [2.75, 3.05) is 5.88 Å². The highest BCUT2D eigenvalue weighted by Gasteiger charge is 1.93. The second-order valence-corrected chi connectivity index (χ2v) is 4.78. The second kappa shape index (κ2) is 9.72. The summed E-state index contributed by atoms with van der Waals surface area (Å²) in [7, 11) is 0. The summed E-state index contributed by atoms with van der Waals surface area (Å²) in [5.41, 5.74) is 1.48. The van der Waals surface area contributed by atoms with Gasteiger partial charge in [-0.15, -0.1) is 11.6 Å². The lowest BCUT2D eigenvalue weighted by Crippen LogP contribution is -1.86. The Morgan fingerprint density at radius 3 is 1.88 bits per heavy atom. The van der Waals surface area contributed by atoms with E-state index in [1.165, 1.54) is 56.9 Å². The van der Waals surface area contributed by atoms with Crippen LogP contribution in [0.4, 0.5) is 0 Å². The minimum atomic E-state index is 0.827. The lowest BCUT2D eigenvalue weighted by Gasteiger charge is -2.02. The van der Waals surface area contributed by atoms with Crippen molar-refractivity contribution in [3.05, 3.63) is 35.9 Å². The van der Waals surface area contributed by atoms with E-state index in [1.807, 2.05) is 0 Å². The number of aryl methyl sites for hydroxylation is 1. The van der Waals surface area contributed by atoms with Gasteiger partial charge in [0.2, 0.25) is 0 Å². The Kier molecular flexibility index (Phi) is 8.24. The summed E-state index contributed by atoms with van der Waals surface area (Å²) >= 11 is 5.63. The largest absolute Gasteiger partial charge is 0.127 e. The Balaban J connectivity index is 1.89. The molecule has 16 heavy (non-hydrogen) atoms. The molecule has 0 aliphatic rings. The maximum absolute atomic E-state index is 5.63. The minimum absolute atomic E-state index is 0.827. The quantitative estimate of drug-likeness (QED) is 0.410. The summed E-state index contributed by atoms with van der Waals surface area (Å²) in [5, 5.41) is 0. The van der Waals surface area contributed by atoms with Crippen LogP contribution in [-0.4, -0.2) is 5.88 Å². The van der Waals surface area contributed by atoms with Crippen LogP contribution in [0.15, 0.2) is 30.3 Å². The number of hydrogen-bond acceptors (Lipinski definition) is 0. The van der Waals surface area contributed by atoms with Gasteiger partial charge in [-0.1, -0.05) is 62.4 Å². The van der Waals surface area contributed by atoms with E-state index in [-0.39, 0.29) is 0 Å². The zero-order chi connectivity index (χ0) is 11.5. The van der Waals surface area contributed by atoms with E-state index in [0.29, 0.717) is 0 Å². The van der Waals surface area contributed by atoms with E-state index in [2.05, 4.69) is 30.3 Å². The molecule has 0 saturated heterocycles. The third kappa shape index (κ3) is 6.90. The third-order valence-corrected chi connectivity index (χ3v) is 3.21. The van der Waals surface area contributed by atoms with E-state index in [9.17, 15) is 0 Å². The molecule has 0 spiro atoms. The maximum atomic E-state index is 5.63. The van der Waals surface area contributed by atoms with Gasteiger partial charge < -0.3 is 0 Å². The highest BCUT2D eigenvalue weighted by atomic mass is 35.5. The first-order chi connectivity index (χ1) is 7.93. The molecule has 1 aromatic rings. The predicted molar refractivity (Wildman–Crippen MR) is 73.2 cm³/mol. The van der Waals surface area contributed by atoms with Gasteiger partial charge >= 0.3 is 0 Å². The fourth-order valence-electron chi connectivity index (χ4n) is 1.95. The zero-order valence-corrected chi connectivity index (χ0v) is 10.9. The van der Waals surface area contributed by atoms with Crippen LogP contribution >= 0.6 is 11.6 Å². The van der Waals surface area contributed by atoms with Gasteiger partial charge in [-0.05, 0) is 24.8 Å². The van der Waals surface area contributed by atoms with Crippen molar-refractivity contribution in [2.24, 2.45) is 0 Å². The highest BCUT2D eigenvalue weighted by Crippen LogP contribution is 2.10. The van der Waals surface area contributed by atoms with Gasteiger partial charge in [0.15, 0.2) is 0 Å². The van der Waals surface area contributed by atoms with Gasteiger partial charge in [0.25, 0.3) is 0 Å². The molecular formula is C15H23Cl. The molecule has 0 atom stereocenters. The molecule has 0 bridgehead atoms. The molecule has 0 N–H and O–H groups in total. The van der Waals surface area contributed by atoms with E-state index in [1.54, 1.807) is 0 Å². The fraction of sp³-hybridized carbons (Fsp3) is 0.600. The molecule has 0 aliphatic carbocycles. The normalized spacial score (nSPS) is 10.6.